The summed E-state index contributed by atoms with van der Waals surface area (Å²) >= 11 is 0. The van der Waals surface area contributed by atoms with Crippen LogP contribution in [0.3, 0.4) is 0 Å². The zero-order valence-electron chi connectivity index (χ0n) is 17.7. The first-order chi connectivity index (χ1) is 13.2. The highest BCUT2D eigenvalue weighted by atomic mass is 16.5. The molecule has 1 aromatic heterocycles. The predicted octanol–water partition coefficient (Wildman–Crippen LogP) is 3.71. The van der Waals surface area contributed by atoms with Gasteiger partial charge < -0.3 is 14.5 Å². The third-order valence-electron chi connectivity index (χ3n) is 6.99. The molecule has 1 aromatic rings. The number of rotatable bonds is 7. The van der Waals surface area contributed by atoms with Gasteiger partial charge in [-0.1, -0.05) is 19.9 Å². The highest BCUT2D eigenvalue weighted by Crippen LogP contribution is 2.55. The van der Waals surface area contributed by atoms with Crippen LogP contribution >= 0.6 is 0 Å². The van der Waals surface area contributed by atoms with E-state index in [9.17, 15) is 4.79 Å². The number of furan rings is 1. The van der Waals surface area contributed by atoms with Gasteiger partial charge in [0, 0.05) is 38.0 Å². The maximum Gasteiger partial charge on any atom is 0.254 e. The van der Waals surface area contributed by atoms with Crippen LogP contribution in [0.25, 0.3) is 0 Å². The molecule has 3 saturated heterocycles. The molecule has 3 fully saturated rings. The number of allylic oxidation sites excluding steroid dienone is 1. The second-order valence-electron chi connectivity index (χ2n) is 9.89. The molecule has 0 aliphatic carbocycles. The van der Waals surface area contributed by atoms with Crippen molar-refractivity contribution in [2.75, 3.05) is 26.2 Å². The van der Waals surface area contributed by atoms with Gasteiger partial charge in [0.25, 0.3) is 5.91 Å². The Hall–Kier alpha value is -1.59. The fourth-order valence-electron chi connectivity index (χ4n) is 5.90. The van der Waals surface area contributed by atoms with Gasteiger partial charge in [0.1, 0.15) is 11.5 Å². The third kappa shape index (κ3) is 3.43. The van der Waals surface area contributed by atoms with Crippen LogP contribution in [0.2, 0.25) is 0 Å². The van der Waals surface area contributed by atoms with Gasteiger partial charge in [-0.05, 0) is 44.6 Å². The number of ether oxygens (including phenoxy) is 1. The van der Waals surface area contributed by atoms with E-state index < -0.39 is 0 Å². The summed E-state index contributed by atoms with van der Waals surface area (Å²) < 4.78 is 12.0. The number of carbonyl (C=O) groups is 1. The van der Waals surface area contributed by atoms with Crippen LogP contribution in [0.1, 0.15) is 55.0 Å². The fourth-order valence-corrected chi connectivity index (χ4v) is 5.90. The van der Waals surface area contributed by atoms with Gasteiger partial charge in [0.15, 0.2) is 0 Å². The zero-order chi connectivity index (χ0) is 20.1. The molecule has 1 N–H and O–H groups in total. The van der Waals surface area contributed by atoms with E-state index in [2.05, 4.69) is 30.6 Å². The first kappa shape index (κ1) is 19.7. The second-order valence-corrected chi connectivity index (χ2v) is 9.89. The van der Waals surface area contributed by atoms with Gasteiger partial charge in [-0.2, -0.15) is 0 Å². The van der Waals surface area contributed by atoms with Gasteiger partial charge in [0.05, 0.1) is 17.3 Å². The molecule has 4 atom stereocenters. The Labute approximate surface area is 168 Å². The molecule has 3 aliphatic rings. The third-order valence-corrected chi connectivity index (χ3v) is 6.99. The van der Waals surface area contributed by atoms with Crippen molar-refractivity contribution in [3.8, 4) is 0 Å². The van der Waals surface area contributed by atoms with Crippen molar-refractivity contribution in [2.24, 2.45) is 17.3 Å². The Kier molecular flexibility index (Phi) is 4.95. The summed E-state index contributed by atoms with van der Waals surface area (Å²) in [5.74, 6) is 2.34. The normalized spacial score (nSPS) is 31.9. The van der Waals surface area contributed by atoms with E-state index in [1.54, 1.807) is 0 Å². The number of fused-ring (bicyclic) bond motifs is 1. The molecule has 28 heavy (non-hydrogen) atoms. The van der Waals surface area contributed by atoms with Crippen molar-refractivity contribution in [3.63, 3.8) is 0 Å². The smallest absolute Gasteiger partial charge is 0.254 e. The second kappa shape index (κ2) is 7.03. The summed E-state index contributed by atoms with van der Waals surface area (Å²) in [5.41, 5.74) is 0.887. The first-order valence-electron chi connectivity index (χ1n) is 10.6. The Morgan fingerprint density at radius 3 is 2.93 bits per heavy atom. The molecular formula is C23H34N2O3. The van der Waals surface area contributed by atoms with Crippen molar-refractivity contribution >= 4 is 5.91 Å². The standard InChI is InChI=1S/C23H34N2O3/c1-6-8-22(4,5)13-25-12-19-18(20-7-9-23(19,14-25)28-20)11-24-21(26)17-10-15(2)27-16(17)3/h6,10,18-20H,1,7-9,11-14H2,2-5H3,(H,24,26)/t18-,19+,20+,23+/m0/s1. The van der Waals surface area contributed by atoms with Gasteiger partial charge >= 0.3 is 0 Å². The molecule has 5 nitrogen and oxygen atoms in total. The number of nitrogens with zero attached hydrogens (tertiary/aromatic N) is 1. The summed E-state index contributed by atoms with van der Waals surface area (Å²) in [6.07, 6.45) is 5.61. The topological polar surface area (TPSA) is 54.7 Å². The van der Waals surface area contributed by atoms with E-state index in [-0.39, 0.29) is 16.9 Å². The number of hydrogen-bond acceptors (Lipinski definition) is 4. The Bertz CT molecular complexity index is 768. The molecule has 154 valence electrons. The lowest BCUT2D eigenvalue weighted by Gasteiger charge is -2.30. The van der Waals surface area contributed by atoms with Crippen molar-refractivity contribution in [1.82, 2.24) is 10.2 Å². The number of nitrogens with one attached hydrogen (secondary N) is 1. The van der Waals surface area contributed by atoms with E-state index in [1.807, 2.05) is 26.0 Å². The molecule has 2 bridgehead atoms. The molecule has 5 heteroatoms. The SMILES string of the molecule is C=CCC(C)(C)CN1C[C@@H]2[C@H](CNC(=O)c3cc(C)oc3C)[C@H]3CC[C@]2(C1)O3. The van der Waals surface area contributed by atoms with Gasteiger partial charge in [0.2, 0.25) is 0 Å². The van der Waals surface area contributed by atoms with Crippen molar-refractivity contribution < 1.29 is 13.9 Å². The quantitative estimate of drug-likeness (QED) is 0.726. The number of hydrogen-bond donors (Lipinski definition) is 1. The van der Waals surface area contributed by atoms with E-state index in [0.717, 1.165) is 44.7 Å². The lowest BCUT2D eigenvalue weighted by molar-refractivity contribution is 0.0000716. The summed E-state index contributed by atoms with van der Waals surface area (Å²) in [5, 5.41) is 3.16. The fraction of sp³-hybridized carbons (Fsp3) is 0.696. The molecule has 1 spiro atoms. The van der Waals surface area contributed by atoms with Gasteiger partial charge in [-0.25, -0.2) is 0 Å². The molecule has 4 heterocycles. The van der Waals surface area contributed by atoms with E-state index >= 15 is 0 Å². The zero-order valence-corrected chi connectivity index (χ0v) is 17.7. The van der Waals surface area contributed by atoms with E-state index in [4.69, 9.17) is 9.15 Å². The van der Waals surface area contributed by atoms with Crippen molar-refractivity contribution in [3.05, 3.63) is 35.8 Å². The van der Waals surface area contributed by atoms with Crippen LogP contribution in [0.15, 0.2) is 23.1 Å². The number of amides is 1. The average Bonchev–Trinajstić information content (AvgIpc) is 3.31. The monoisotopic (exact) mass is 386 g/mol. The van der Waals surface area contributed by atoms with Crippen molar-refractivity contribution in [2.45, 2.75) is 58.7 Å². The van der Waals surface area contributed by atoms with Crippen LogP contribution in [0.4, 0.5) is 0 Å². The van der Waals surface area contributed by atoms with Crippen LogP contribution in [-0.2, 0) is 4.74 Å². The minimum Gasteiger partial charge on any atom is -0.466 e. The van der Waals surface area contributed by atoms with Gasteiger partial charge in [-0.15, -0.1) is 6.58 Å². The summed E-state index contributed by atoms with van der Waals surface area (Å²) in [7, 11) is 0. The molecule has 0 aromatic carbocycles. The lowest BCUT2D eigenvalue weighted by Crippen LogP contribution is -2.41. The highest BCUT2D eigenvalue weighted by molar-refractivity contribution is 5.95. The van der Waals surface area contributed by atoms with Gasteiger partial charge in [-0.3, -0.25) is 9.69 Å². The Balaban J connectivity index is 1.40. The average molecular weight is 387 g/mol. The molecule has 3 aliphatic heterocycles. The number of aryl methyl sites for hydroxylation is 2. The first-order valence-corrected chi connectivity index (χ1v) is 10.6. The summed E-state index contributed by atoms with van der Waals surface area (Å²) in [4.78, 5) is 15.2. The van der Waals surface area contributed by atoms with Crippen LogP contribution in [0.5, 0.6) is 0 Å². The van der Waals surface area contributed by atoms with Crippen LogP contribution in [0, 0.1) is 31.1 Å². The largest absolute Gasteiger partial charge is 0.466 e. The summed E-state index contributed by atoms with van der Waals surface area (Å²) in [6, 6.07) is 1.82. The lowest BCUT2D eigenvalue weighted by atomic mass is 9.73. The van der Waals surface area contributed by atoms with Crippen molar-refractivity contribution in [1.29, 1.82) is 0 Å². The van der Waals surface area contributed by atoms with Crippen LogP contribution < -0.4 is 5.32 Å². The molecule has 0 saturated carbocycles. The van der Waals surface area contributed by atoms with E-state index in [0.29, 0.717) is 35.8 Å². The van der Waals surface area contributed by atoms with Crippen LogP contribution in [-0.4, -0.2) is 48.7 Å². The Morgan fingerprint density at radius 2 is 2.25 bits per heavy atom. The minimum atomic E-state index is -0.0341. The Morgan fingerprint density at radius 1 is 1.46 bits per heavy atom. The molecular weight excluding hydrogens is 352 g/mol. The molecule has 1 amide bonds. The highest BCUT2D eigenvalue weighted by Gasteiger charge is 2.62. The molecule has 4 rings (SSSR count). The maximum atomic E-state index is 12.6. The maximum absolute atomic E-state index is 12.6. The number of likely N-dealkylation sites (tertiary alicyclic amines) is 1. The summed E-state index contributed by atoms with van der Waals surface area (Å²) in [6.45, 7) is 16.1. The molecule has 0 radical (unpaired) electrons. The van der Waals surface area contributed by atoms with E-state index in [1.165, 1.54) is 0 Å². The number of carbonyl (C=O) groups excluding carboxylic acids is 1. The molecule has 0 unspecified atom stereocenters. The minimum absolute atomic E-state index is 0.00641. The predicted molar refractivity (Wildman–Crippen MR) is 109 cm³/mol.